The van der Waals surface area contributed by atoms with Crippen LogP contribution < -0.4 is 10.2 Å². The first-order valence-electron chi connectivity index (χ1n) is 7.31. The number of aryl methyl sites for hydroxylation is 1. The Bertz CT molecular complexity index is 425. The summed E-state index contributed by atoms with van der Waals surface area (Å²) in [6, 6.07) is 8.53. The third kappa shape index (κ3) is 3.80. The van der Waals surface area contributed by atoms with Crippen molar-refractivity contribution in [3.8, 4) is 0 Å². The highest BCUT2D eigenvalue weighted by Crippen LogP contribution is 2.18. The number of carbonyl (C=O) groups is 1. The van der Waals surface area contributed by atoms with Crippen molar-refractivity contribution < 1.29 is 4.79 Å². The molecule has 1 unspecified atom stereocenters. The van der Waals surface area contributed by atoms with Crippen molar-refractivity contribution in [1.29, 1.82) is 0 Å². The van der Waals surface area contributed by atoms with Gasteiger partial charge in [-0.2, -0.15) is 0 Å². The molecule has 0 aromatic heterocycles. The normalized spacial score (nSPS) is 19.2. The maximum absolute atomic E-state index is 12.4. The number of benzene rings is 1. The fourth-order valence-corrected chi connectivity index (χ4v) is 2.72. The molecule has 0 saturated carbocycles. The Morgan fingerprint density at radius 2 is 2.26 bits per heavy atom. The van der Waals surface area contributed by atoms with Crippen LogP contribution in [0.5, 0.6) is 0 Å². The third-order valence-corrected chi connectivity index (χ3v) is 3.76. The van der Waals surface area contributed by atoms with Crippen LogP contribution in [0.25, 0.3) is 0 Å². The van der Waals surface area contributed by atoms with E-state index in [1.165, 1.54) is 18.4 Å². The smallest absolute Gasteiger partial charge is 0.228 e. The van der Waals surface area contributed by atoms with Gasteiger partial charge in [0.15, 0.2) is 0 Å². The molecule has 1 aromatic carbocycles. The molecule has 0 radical (unpaired) electrons. The molecule has 3 nitrogen and oxygen atoms in total. The van der Waals surface area contributed by atoms with Gasteiger partial charge in [-0.25, -0.2) is 0 Å². The Morgan fingerprint density at radius 3 is 2.89 bits per heavy atom. The summed E-state index contributed by atoms with van der Waals surface area (Å²) >= 11 is 0. The van der Waals surface area contributed by atoms with Gasteiger partial charge < -0.3 is 10.2 Å². The lowest BCUT2D eigenvalue weighted by molar-refractivity contribution is -0.119. The molecule has 1 aromatic rings. The second kappa shape index (κ2) is 6.71. The molecule has 1 fully saturated rings. The second-order valence-corrected chi connectivity index (χ2v) is 5.33. The van der Waals surface area contributed by atoms with E-state index in [1.807, 2.05) is 24.0 Å². The van der Waals surface area contributed by atoms with Crippen molar-refractivity contribution in [2.75, 3.05) is 18.0 Å². The number of piperidine rings is 1. The van der Waals surface area contributed by atoms with E-state index in [0.717, 1.165) is 25.2 Å². The molecule has 104 valence electrons. The SMILES string of the molecule is CCN(C(=O)CC1CCCCN1)c1cccc(C)c1. The van der Waals surface area contributed by atoms with Crippen LogP contribution in [0.15, 0.2) is 24.3 Å². The van der Waals surface area contributed by atoms with Crippen molar-refractivity contribution in [3.63, 3.8) is 0 Å². The van der Waals surface area contributed by atoms with Gasteiger partial charge in [0.1, 0.15) is 0 Å². The van der Waals surface area contributed by atoms with Crippen molar-refractivity contribution >= 4 is 11.6 Å². The fraction of sp³-hybridized carbons (Fsp3) is 0.562. The third-order valence-electron chi connectivity index (χ3n) is 3.76. The minimum absolute atomic E-state index is 0.229. The van der Waals surface area contributed by atoms with Gasteiger partial charge in [0, 0.05) is 24.7 Å². The van der Waals surface area contributed by atoms with E-state index in [2.05, 4.69) is 24.4 Å². The summed E-state index contributed by atoms with van der Waals surface area (Å²) < 4.78 is 0. The van der Waals surface area contributed by atoms with E-state index in [-0.39, 0.29) is 5.91 Å². The van der Waals surface area contributed by atoms with E-state index in [9.17, 15) is 4.79 Å². The maximum atomic E-state index is 12.4. The summed E-state index contributed by atoms with van der Waals surface area (Å²) in [5.74, 6) is 0.229. The quantitative estimate of drug-likeness (QED) is 0.903. The summed E-state index contributed by atoms with van der Waals surface area (Å²) in [6.45, 7) is 5.88. The molecular formula is C16H24N2O. The topological polar surface area (TPSA) is 32.3 Å². The van der Waals surface area contributed by atoms with Gasteiger partial charge in [-0.1, -0.05) is 18.6 Å². The zero-order valence-corrected chi connectivity index (χ0v) is 12.0. The van der Waals surface area contributed by atoms with Gasteiger partial charge >= 0.3 is 0 Å². The first-order valence-corrected chi connectivity index (χ1v) is 7.31. The number of hydrogen-bond acceptors (Lipinski definition) is 2. The molecule has 1 saturated heterocycles. The summed E-state index contributed by atoms with van der Waals surface area (Å²) in [4.78, 5) is 14.3. The molecular weight excluding hydrogens is 236 g/mol. The number of hydrogen-bond donors (Lipinski definition) is 1. The van der Waals surface area contributed by atoms with Crippen molar-refractivity contribution in [2.45, 2.75) is 45.6 Å². The molecule has 1 N–H and O–H groups in total. The number of carbonyl (C=O) groups excluding carboxylic acids is 1. The summed E-state index contributed by atoms with van der Waals surface area (Å²) in [5, 5.41) is 3.44. The Hall–Kier alpha value is -1.35. The van der Waals surface area contributed by atoms with E-state index >= 15 is 0 Å². The zero-order valence-electron chi connectivity index (χ0n) is 12.0. The van der Waals surface area contributed by atoms with Crippen LogP contribution in [-0.4, -0.2) is 25.0 Å². The van der Waals surface area contributed by atoms with Gasteiger partial charge in [-0.3, -0.25) is 4.79 Å². The predicted molar refractivity (Wildman–Crippen MR) is 79.5 cm³/mol. The molecule has 0 aliphatic carbocycles. The highest BCUT2D eigenvalue weighted by atomic mass is 16.2. The largest absolute Gasteiger partial charge is 0.313 e. The number of nitrogens with one attached hydrogen (secondary N) is 1. The Kier molecular flexibility index (Phi) is 4.97. The monoisotopic (exact) mass is 260 g/mol. The van der Waals surface area contributed by atoms with E-state index < -0.39 is 0 Å². The van der Waals surface area contributed by atoms with Gasteiger partial charge in [0.2, 0.25) is 5.91 Å². The standard InChI is InChI=1S/C16H24N2O/c1-3-18(15-9-6-7-13(2)11-15)16(19)12-14-8-4-5-10-17-14/h6-7,9,11,14,17H,3-5,8,10,12H2,1-2H3. The number of anilines is 1. The average molecular weight is 260 g/mol. The minimum Gasteiger partial charge on any atom is -0.313 e. The summed E-state index contributed by atoms with van der Waals surface area (Å²) in [6.07, 6.45) is 4.21. The summed E-state index contributed by atoms with van der Waals surface area (Å²) in [7, 11) is 0. The van der Waals surface area contributed by atoms with Crippen LogP contribution in [0.3, 0.4) is 0 Å². The van der Waals surface area contributed by atoms with Crippen molar-refractivity contribution in [3.05, 3.63) is 29.8 Å². The lowest BCUT2D eigenvalue weighted by atomic mass is 10.0. The molecule has 2 rings (SSSR count). The van der Waals surface area contributed by atoms with Crippen LogP contribution in [0.2, 0.25) is 0 Å². The van der Waals surface area contributed by atoms with Crippen LogP contribution in [0.1, 0.15) is 38.2 Å². The average Bonchev–Trinajstić information content (AvgIpc) is 2.41. The van der Waals surface area contributed by atoms with Crippen LogP contribution in [0, 0.1) is 6.92 Å². The highest BCUT2D eigenvalue weighted by Gasteiger charge is 2.20. The Morgan fingerprint density at radius 1 is 1.42 bits per heavy atom. The zero-order chi connectivity index (χ0) is 13.7. The highest BCUT2D eigenvalue weighted by molar-refractivity contribution is 5.93. The molecule has 3 heteroatoms. The van der Waals surface area contributed by atoms with Crippen LogP contribution in [-0.2, 0) is 4.79 Å². The molecule has 1 aliphatic rings. The lowest BCUT2D eigenvalue weighted by Gasteiger charge is -2.27. The van der Waals surface area contributed by atoms with Crippen molar-refractivity contribution in [2.24, 2.45) is 0 Å². The molecule has 1 aliphatic heterocycles. The molecule has 1 atom stereocenters. The molecule has 19 heavy (non-hydrogen) atoms. The Balaban J connectivity index is 2.02. The number of rotatable bonds is 4. The minimum atomic E-state index is 0.229. The number of nitrogens with zero attached hydrogens (tertiary/aromatic N) is 1. The molecule has 1 heterocycles. The van der Waals surface area contributed by atoms with Crippen molar-refractivity contribution in [1.82, 2.24) is 5.32 Å². The van der Waals surface area contributed by atoms with Crippen LogP contribution in [0.4, 0.5) is 5.69 Å². The predicted octanol–water partition coefficient (Wildman–Crippen LogP) is 2.88. The second-order valence-electron chi connectivity index (χ2n) is 5.33. The summed E-state index contributed by atoms with van der Waals surface area (Å²) in [5.41, 5.74) is 2.21. The molecule has 0 bridgehead atoms. The first kappa shape index (κ1) is 14.1. The van der Waals surface area contributed by atoms with E-state index in [0.29, 0.717) is 12.5 Å². The van der Waals surface area contributed by atoms with Gasteiger partial charge in [0.25, 0.3) is 0 Å². The fourth-order valence-electron chi connectivity index (χ4n) is 2.72. The molecule has 0 spiro atoms. The van der Waals surface area contributed by atoms with Crippen LogP contribution >= 0.6 is 0 Å². The number of amides is 1. The molecule has 1 amide bonds. The van der Waals surface area contributed by atoms with Gasteiger partial charge in [-0.15, -0.1) is 0 Å². The maximum Gasteiger partial charge on any atom is 0.228 e. The van der Waals surface area contributed by atoms with E-state index in [4.69, 9.17) is 0 Å². The van der Waals surface area contributed by atoms with E-state index in [1.54, 1.807) is 0 Å². The first-order chi connectivity index (χ1) is 9.20. The Labute approximate surface area is 116 Å². The van der Waals surface area contributed by atoms with Gasteiger partial charge in [0.05, 0.1) is 0 Å². The van der Waals surface area contributed by atoms with Gasteiger partial charge in [-0.05, 0) is 50.9 Å². The lowest BCUT2D eigenvalue weighted by Crippen LogP contribution is -2.40.